The number of aromatic nitrogens is 2. The lowest BCUT2D eigenvalue weighted by atomic mass is 9.73. The Kier molecular flexibility index (Phi) is 7.59. The Hall–Kier alpha value is -2.43. The maximum atomic E-state index is 12.3. The van der Waals surface area contributed by atoms with E-state index in [1.54, 1.807) is 0 Å². The van der Waals surface area contributed by atoms with Gasteiger partial charge in [0.1, 0.15) is 18.0 Å². The molecule has 2 unspecified atom stereocenters. The molecule has 1 saturated carbocycles. The molecule has 4 nitrogen and oxygen atoms in total. The third kappa shape index (κ3) is 5.29. The lowest BCUT2D eigenvalue weighted by Crippen LogP contribution is -2.42. The van der Waals surface area contributed by atoms with Crippen molar-refractivity contribution in [3.05, 3.63) is 89.5 Å². The molecule has 4 heteroatoms. The zero-order valence-corrected chi connectivity index (χ0v) is 21.5. The molecule has 1 aromatic heterocycles. The molecule has 34 heavy (non-hydrogen) atoms. The Morgan fingerprint density at radius 2 is 1.62 bits per heavy atom. The Balaban J connectivity index is 1.54. The van der Waals surface area contributed by atoms with Crippen LogP contribution in [0.1, 0.15) is 74.0 Å². The predicted octanol–water partition coefficient (Wildman–Crippen LogP) is 6.01. The number of aliphatic hydroxyl groups is 1. The third-order valence-electron chi connectivity index (χ3n) is 7.96. The van der Waals surface area contributed by atoms with E-state index < -0.39 is 5.60 Å². The molecule has 1 aliphatic rings. The van der Waals surface area contributed by atoms with E-state index in [-0.39, 0.29) is 5.92 Å². The van der Waals surface area contributed by atoms with Crippen molar-refractivity contribution in [1.29, 1.82) is 0 Å². The van der Waals surface area contributed by atoms with E-state index in [9.17, 15) is 5.11 Å². The van der Waals surface area contributed by atoms with Crippen molar-refractivity contribution < 1.29 is 9.59 Å². The molecule has 0 bridgehead atoms. The van der Waals surface area contributed by atoms with E-state index in [0.29, 0.717) is 5.92 Å². The highest BCUT2D eigenvalue weighted by Gasteiger charge is 2.44. The fourth-order valence-corrected chi connectivity index (χ4v) is 5.71. The number of hydrogen-bond acceptors (Lipinski definition) is 2. The molecule has 1 N–H and O–H groups in total. The molecular weight excluding hydrogens is 418 g/mol. The molecular formula is C30H42N3O+. The van der Waals surface area contributed by atoms with E-state index in [4.69, 9.17) is 4.98 Å². The number of imidazole rings is 1. The molecule has 0 spiro atoms. The SMILES string of the molecule is CC(CC[N+](C)(C)Cc1cnc(C(O)(c2ccccc2)C2CCCCC2)n1C)c1ccccc1. The highest BCUT2D eigenvalue weighted by atomic mass is 16.3. The Labute approximate surface area is 205 Å². The molecule has 3 aromatic rings. The van der Waals surface area contributed by atoms with Crippen LogP contribution in [0.2, 0.25) is 0 Å². The number of rotatable bonds is 9. The van der Waals surface area contributed by atoms with Gasteiger partial charge in [0.15, 0.2) is 0 Å². The van der Waals surface area contributed by atoms with Gasteiger partial charge in [-0.3, -0.25) is 0 Å². The summed E-state index contributed by atoms with van der Waals surface area (Å²) in [5, 5.41) is 12.3. The van der Waals surface area contributed by atoms with E-state index in [2.05, 4.69) is 75.1 Å². The molecule has 0 amide bonds. The molecule has 0 saturated heterocycles. The fraction of sp³-hybridized carbons (Fsp3) is 0.500. The zero-order valence-electron chi connectivity index (χ0n) is 21.5. The summed E-state index contributed by atoms with van der Waals surface area (Å²) in [4.78, 5) is 4.87. The van der Waals surface area contributed by atoms with Crippen molar-refractivity contribution in [3.8, 4) is 0 Å². The van der Waals surface area contributed by atoms with Crippen molar-refractivity contribution in [1.82, 2.24) is 9.55 Å². The summed E-state index contributed by atoms with van der Waals surface area (Å²) in [6, 6.07) is 21.0. The standard InChI is InChI=1S/C30H42N3O/c1-24(25-14-8-5-9-15-25)20-21-33(3,4)23-28-22-31-29(32(28)2)30(34,26-16-10-6-11-17-26)27-18-12-7-13-19-27/h5-6,8-11,14-17,22,24,27,34H,7,12-13,18-21,23H2,1-4H3/q+1. The summed E-state index contributed by atoms with van der Waals surface area (Å²) in [6.45, 7) is 4.30. The molecule has 2 aromatic carbocycles. The molecule has 2 atom stereocenters. The minimum absolute atomic E-state index is 0.201. The van der Waals surface area contributed by atoms with E-state index in [1.165, 1.54) is 30.5 Å². The zero-order chi connectivity index (χ0) is 24.2. The van der Waals surface area contributed by atoms with E-state index in [0.717, 1.165) is 48.2 Å². The van der Waals surface area contributed by atoms with Crippen molar-refractivity contribution in [2.45, 2.75) is 63.5 Å². The smallest absolute Gasteiger partial charge is 0.150 e. The van der Waals surface area contributed by atoms with Gasteiger partial charge in [-0.2, -0.15) is 0 Å². The Bertz CT molecular complexity index is 1040. The first-order valence-corrected chi connectivity index (χ1v) is 13.0. The van der Waals surface area contributed by atoms with Gasteiger partial charge in [0.05, 0.1) is 32.5 Å². The molecule has 0 aliphatic heterocycles. The van der Waals surface area contributed by atoms with Gasteiger partial charge in [0.2, 0.25) is 0 Å². The van der Waals surface area contributed by atoms with Crippen molar-refractivity contribution in [2.24, 2.45) is 13.0 Å². The summed E-state index contributed by atoms with van der Waals surface area (Å²) in [5.41, 5.74) is 2.50. The van der Waals surface area contributed by atoms with Crippen LogP contribution in [0.3, 0.4) is 0 Å². The first kappa shape index (κ1) is 24.7. The lowest BCUT2D eigenvalue weighted by Gasteiger charge is -2.38. The molecule has 1 heterocycles. The summed E-state index contributed by atoms with van der Waals surface area (Å²) in [6.07, 6.45) is 8.85. The number of nitrogens with zero attached hydrogens (tertiary/aromatic N) is 3. The number of benzene rings is 2. The van der Waals surface area contributed by atoms with Crippen LogP contribution < -0.4 is 0 Å². The van der Waals surface area contributed by atoms with Crippen LogP contribution >= 0.6 is 0 Å². The number of quaternary nitrogens is 1. The van der Waals surface area contributed by atoms with Crippen molar-refractivity contribution in [3.63, 3.8) is 0 Å². The van der Waals surface area contributed by atoms with E-state index in [1.807, 2.05) is 24.4 Å². The minimum Gasteiger partial charge on any atom is -0.377 e. The maximum absolute atomic E-state index is 12.3. The first-order valence-electron chi connectivity index (χ1n) is 13.0. The Morgan fingerprint density at radius 3 is 2.26 bits per heavy atom. The van der Waals surface area contributed by atoms with Crippen LogP contribution in [-0.4, -0.2) is 39.8 Å². The number of hydrogen-bond donors (Lipinski definition) is 1. The van der Waals surface area contributed by atoms with Crippen LogP contribution in [0, 0.1) is 5.92 Å². The quantitative estimate of drug-likeness (QED) is 0.397. The van der Waals surface area contributed by atoms with Gasteiger partial charge in [-0.15, -0.1) is 0 Å². The predicted molar refractivity (Wildman–Crippen MR) is 139 cm³/mol. The minimum atomic E-state index is -1.05. The van der Waals surface area contributed by atoms with Crippen LogP contribution in [0.25, 0.3) is 0 Å². The van der Waals surface area contributed by atoms with Gasteiger partial charge < -0.3 is 14.2 Å². The second kappa shape index (κ2) is 10.5. The van der Waals surface area contributed by atoms with Crippen LogP contribution in [0.5, 0.6) is 0 Å². The molecule has 182 valence electrons. The van der Waals surface area contributed by atoms with Crippen molar-refractivity contribution in [2.75, 3.05) is 20.6 Å². The maximum Gasteiger partial charge on any atom is 0.150 e. The molecule has 0 radical (unpaired) electrons. The average molecular weight is 461 g/mol. The van der Waals surface area contributed by atoms with Crippen molar-refractivity contribution >= 4 is 0 Å². The van der Waals surface area contributed by atoms with Gasteiger partial charge >= 0.3 is 0 Å². The van der Waals surface area contributed by atoms with Crippen LogP contribution in [-0.2, 0) is 19.2 Å². The topological polar surface area (TPSA) is 38.1 Å². The summed E-state index contributed by atoms with van der Waals surface area (Å²) >= 11 is 0. The highest BCUT2D eigenvalue weighted by Crippen LogP contribution is 2.43. The van der Waals surface area contributed by atoms with Gasteiger partial charge in [0, 0.05) is 13.5 Å². The van der Waals surface area contributed by atoms with Gasteiger partial charge in [-0.25, -0.2) is 4.98 Å². The normalized spacial score (nSPS) is 17.9. The van der Waals surface area contributed by atoms with Crippen LogP contribution in [0.15, 0.2) is 66.9 Å². The second-order valence-corrected chi connectivity index (χ2v) is 11.0. The second-order valence-electron chi connectivity index (χ2n) is 11.0. The molecule has 1 fully saturated rings. The molecule has 1 aliphatic carbocycles. The third-order valence-corrected chi connectivity index (χ3v) is 7.96. The highest BCUT2D eigenvalue weighted by molar-refractivity contribution is 5.32. The molecule has 4 rings (SSSR count). The summed E-state index contributed by atoms with van der Waals surface area (Å²) < 4.78 is 3.06. The Morgan fingerprint density at radius 1 is 1.00 bits per heavy atom. The van der Waals surface area contributed by atoms with Crippen LogP contribution in [0.4, 0.5) is 0 Å². The monoisotopic (exact) mass is 460 g/mol. The largest absolute Gasteiger partial charge is 0.377 e. The van der Waals surface area contributed by atoms with Gasteiger partial charge in [-0.1, -0.05) is 86.8 Å². The fourth-order valence-electron chi connectivity index (χ4n) is 5.71. The van der Waals surface area contributed by atoms with Gasteiger partial charge in [0.25, 0.3) is 0 Å². The van der Waals surface area contributed by atoms with E-state index >= 15 is 0 Å². The average Bonchev–Trinajstić information content (AvgIpc) is 3.23. The lowest BCUT2D eigenvalue weighted by molar-refractivity contribution is -0.904. The summed E-state index contributed by atoms with van der Waals surface area (Å²) in [5.74, 6) is 1.53. The first-order chi connectivity index (χ1) is 16.3. The van der Waals surface area contributed by atoms with Gasteiger partial charge in [-0.05, 0) is 35.8 Å². The summed E-state index contributed by atoms with van der Waals surface area (Å²) in [7, 11) is 6.69.